The first-order valence-corrected chi connectivity index (χ1v) is 9.94. The molecule has 4 aromatic carbocycles. The number of hydrogen-bond donors (Lipinski definition) is 2. The molecule has 4 aromatic rings. The quantitative estimate of drug-likeness (QED) is 0.387. The lowest BCUT2D eigenvalue weighted by molar-refractivity contribution is 0.103. The maximum atomic E-state index is 14.3. The van der Waals surface area contributed by atoms with Crippen LogP contribution in [0.15, 0.2) is 72.8 Å². The van der Waals surface area contributed by atoms with Gasteiger partial charge < -0.3 is 10.2 Å². The number of nitrogens with zero attached hydrogens (tertiary/aromatic N) is 2. The number of nitriles is 2. The van der Waals surface area contributed by atoms with Crippen LogP contribution in [-0.2, 0) is 0 Å². The molecule has 0 amide bonds. The van der Waals surface area contributed by atoms with Gasteiger partial charge in [0.1, 0.15) is 35.3 Å². The fraction of sp³-hybridized carbons (Fsp3) is 0. The zero-order chi connectivity index (χ0) is 24.4. The maximum absolute atomic E-state index is 14.3. The number of hydrogen-bond acceptors (Lipinski definition) is 5. The van der Waals surface area contributed by atoms with E-state index in [0.29, 0.717) is 5.56 Å². The summed E-state index contributed by atoms with van der Waals surface area (Å²) in [5.74, 6) is -2.92. The third kappa shape index (κ3) is 3.83. The Morgan fingerprint density at radius 3 is 1.94 bits per heavy atom. The maximum Gasteiger partial charge on any atom is 0.197 e. The number of phenols is 2. The molecule has 0 aliphatic rings. The van der Waals surface area contributed by atoms with Gasteiger partial charge in [0.2, 0.25) is 0 Å². The Labute approximate surface area is 193 Å². The lowest BCUT2D eigenvalue weighted by Crippen LogP contribution is -2.06. The third-order valence-electron chi connectivity index (χ3n) is 5.34. The van der Waals surface area contributed by atoms with E-state index in [1.165, 1.54) is 54.6 Å². The minimum atomic E-state index is -0.771. The summed E-state index contributed by atoms with van der Waals surface area (Å²) in [5.41, 5.74) is 0.253. The molecule has 34 heavy (non-hydrogen) atoms. The van der Waals surface area contributed by atoms with Gasteiger partial charge in [-0.3, -0.25) is 4.79 Å². The molecule has 0 aliphatic heterocycles. The Morgan fingerprint density at radius 1 is 0.706 bits per heavy atom. The number of carbonyl (C=O) groups is 1. The van der Waals surface area contributed by atoms with Crippen LogP contribution in [0.3, 0.4) is 0 Å². The monoisotopic (exact) mass is 452 g/mol. The first-order valence-electron chi connectivity index (χ1n) is 9.94. The number of ketones is 1. The molecule has 0 atom stereocenters. The Balaban J connectivity index is 2.02. The van der Waals surface area contributed by atoms with Gasteiger partial charge in [0.25, 0.3) is 0 Å². The van der Waals surface area contributed by atoms with Crippen molar-refractivity contribution >= 4 is 5.78 Å². The van der Waals surface area contributed by atoms with E-state index < -0.39 is 23.2 Å². The molecule has 0 bridgehead atoms. The van der Waals surface area contributed by atoms with E-state index in [4.69, 9.17) is 0 Å². The van der Waals surface area contributed by atoms with E-state index in [9.17, 15) is 34.3 Å². The van der Waals surface area contributed by atoms with Gasteiger partial charge in [-0.25, -0.2) is 8.78 Å². The predicted molar refractivity (Wildman–Crippen MR) is 120 cm³/mol. The molecule has 4 rings (SSSR count). The molecule has 0 fully saturated rings. The summed E-state index contributed by atoms with van der Waals surface area (Å²) < 4.78 is 28.5. The topological polar surface area (TPSA) is 105 Å². The van der Waals surface area contributed by atoms with Crippen molar-refractivity contribution in [3.05, 3.63) is 107 Å². The highest BCUT2D eigenvalue weighted by molar-refractivity contribution is 6.15. The Bertz CT molecular complexity index is 1550. The molecule has 164 valence electrons. The molecule has 0 spiro atoms. The van der Waals surface area contributed by atoms with E-state index in [1.807, 2.05) is 6.07 Å². The van der Waals surface area contributed by atoms with Gasteiger partial charge >= 0.3 is 0 Å². The van der Waals surface area contributed by atoms with Crippen molar-refractivity contribution < 1.29 is 23.8 Å². The molecule has 0 heterocycles. The first kappa shape index (κ1) is 22.2. The number of phenolic OH excluding ortho intramolecular Hbond substituents is 2. The summed E-state index contributed by atoms with van der Waals surface area (Å²) in [4.78, 5) is 13.5. The number of halogens is 2. The van der Waals surface area contributed by atoms with Crippen LogP contribution in [-0.4, -0.2) is 16.0 Å². The molecular weight excluding hydrogens is 438 g/mol. The molecule has 0 radical (unpaired) electrons. The van der Waals surface area contributed by atoms with Gasteiger partial charge in [-0.2, -0.15) is 10.5 Å². The second-order valence-corrected chi connectivity index (χ2v) is 7.34. The molecule has 0 unspecified atom stereocenters. The normalized spacial score (nSPS) is 10.4. The Hall–Kier alpha value is -5.01. The van der Waals surface area contributed by atoms with Gasteiger partial charge in [0.05, 0.1) is 16.7 Å². The van der Waals surface area contributed by atoms with Gasteiger partial charge in [0, 0.05) is 22.8 Å². The molecule has 5 nitrogen and oxygen atoms in total. The highest BCUT2D eigenvalue weighted by atomic mass is 19.1. The van der Waals surface area contributed by atoms with Crippen molar-refractivity contribution in [1.82, 2.24) is 0 Å². The second-order valence-electron chi connectivity index (χ2n) is 7.34. The molecule has 0 aromatic heterocycles. The van der Waals surface area contributed by atoms with E-state index in [2.05, 4.69) is 0 Å². The zero-order valence-electron chi connectivity index (χ0n) is 17.4. The van der Waals surface area contributed by atoms with Crippen molar-refractivity contribution in [1.29, 1.82) is 10.5 Å². The molecule has 0 saturated heterocycles. The van der Waals surface area contributed by atoms with Crippen LogP contribution in [0.25, 0.3) is 22.3 Å². The number of benzene rings is 4. The minimum Gasteiger partial charge on any atom is -0.508 e. The van der Waals surface area contributed by atoms with Crippen LogP contribution in [0.2, 0.25) is 0 Å². The summed E-state index contributed by atoms with van der Waals surface area (Å²) in [5, 5.41) is 38.7. The van der Waals surface area contributed by atoms with Crippen LogP contribution in [0.5, 0.6) is 11.5 Å². The van der Waals surface area contributed by atoms with E-state index >= 15 is 0 Å². The molecule has 0 saturated carbocycles. The van der Waals surface area contributed by atoms with Crippen molar-refractivity contribution in [2.45, 2.75) is 0 Å². The molecule has 0 aliphatic carbocycles. The van der Waals surface area contributed by atoms with E-state index in [-0.39, 0.29) is 44.7 Å². The average Bonchev–Trinajstić information content (AvgIpc) is 2.83. The summed E-state index contributed by atoms with van der Waals surface area (Å²) >= 11 is 0. The number of aromatic hydroxyl groups is 2. The summed E-state index contributed by atoms with van der Waals surface area (Å²) in [6, 6.07) is 19.5. The van der Waals surface area contributed by atoms with Gasteiger partial charge in [-0.15, -0.1) is 0 Å². The smallest absolute Gasteiger partial charge is 0.197 e. The van der Waals surface area contributed by atoms with Crippen molar-refractivity contribution in [3.63, 3.8) is 0 Å². The largest absolute Gasteiger partial charge is 0.508 e. The average molecular weight is 452 g/mol. The molecular formula is C27H14F2N2O3. The summed E-state index contributed by atoms with van der Waals surface area (Å²) in [6.45, 7) is 0. The van der Waals surface area contributed by atoms with E-state index in [1.54, 1.807) is 6.07 Å². The van der Waals surface area contributed by atoms with Gasteiger partial charge in [-0.1, -0.05) is 36.4 Å². The van der Waals surface area contributed by atoms with Crippen LogP contribution in [0.4, 0.5) is 8.78 Å². The Morgan fingerprint density at radius 2 is 1.32 bits per heavy atom. The van der Waals surface area contributed by atoms with Crippen molar-refractivity contribution in [2.24, 2.45) is 0 Å². The van der Waals surface area contributed by atoms with Crippen LogP contribution in [0, 0.1) is 34.3 Å². The summed E-state index contributed by atoms with van der Waals surface area (Å²) in [6.07, 6.45) is 0. The van der Waals surface area contributed by atoms with Crippen LogP contribution in [0.1, 0.15) is 27.0 Å². The second kappa shape index (κ2) is 8.85. The lowest BCUT2D eigenvalue weighted by Gasteiger charge is -2.15. The SMILES string of the molecule is N#Cc1c(F)cccc1-c1ccc(-c2cccc(F)c2C#N)c(C(=O)c2ccc(O)cc2O)c1. The highest BCUT2D eigenvalue weighted by Gasteiger charge is 2.22. The lowest BCUT2D eigenvalue weighted by atomic mass is 9.88. The fourth-order valence-corrected chi connectivity index (χ4v) is 3.73. The standard InChI is InChI=1S/C27H14F2N2O3/c28-24-5-1-3-17(22(24)13-30)15-7-9-19(18-4-2-6-25(29)23(18)14-31)21(11-15)27(34)20-10-8-16(32)12-26(20)33/h1-12,32-33H. The molecule has 2 N–H and O–H groups in total. The fourth-order valence-electron chi connectivity index (χ4n) is 3.73. The Kier molecular flexibility index (Phi) is 5.78. The van der Waals surface area contributed by atoms with Crippen LogP contribution < -0.4 is 0 Å². The van der Waals surface area contributed by atoms with Gasteiger partial charge in [-0.05, 0) is 41.5 Å². The van der Waals surface area contributed by atoms with E-state index in [0.717, 1.165) is 18.2 Å². The summed E-state index contributed by atoms with van der Waals surface area (Å²) in [7, 11) is 0. The number of rotatable bonds is 4. The minimum absolute atomic E-state index is 0.0197. The van der Waals surface area contributed by atoms with Crippen LogP contribution >= 0.6 is 0 Å². The predicted octanol–water partition coefficient (Wildman–Crippen LogP) is 5.68. The molecule has 7 heteroatoms. The first-order chi connectivity index (χ1) is 16.3. The third-order valence-corrected chi connectivity index (χ3v) is 5.34. The van der Waals surface area contributed by atoms with Gasteiger partial charge in [0.15, 0.2) is 5.78 Å². The highest BCUT2D eigenvalue weighted by Crippen LogP contribution is 2.36. The zero-order valence-corrected chi connectivity index (χ0v) is 17.4. The van der Waals surface area contributed by atoms with Crippen molar-refractivity contribution in [3.8, 4) is 45.9 Å². The van der Waals surface area contributed by atoms with Crippen molar-refractivity contribution in [2.75, 3.05) is 0 Å². The number of carbonyl (C=O) groups excluding carboxylic acids is 1.